The van der Waals surface area contributed by atoms with Crippen LogP contribution >= 0.6 is 0 Å². The number of guanidine groups is 1. The predicted molar refractivity (Wildman–Crippen MR) is 80.7 cm³/mol. The Morgan fingerprint density at radius 3 is 2.79 bits per heavy atom. The van der Waals surface area contributed by atoms with Crippen molar-refractivity contribution in [3.05, 3.63) is 29.8 Å². The third-order valence-electron chi connectivity index (χ3n) is 2.89. The third kappa shape index (κ3) is 5.64. The van der Waals surface area contributed by atoms with Gasteiger partial charge in [0.1, 0.15) is 5.75 Å². The van der Waals surface area contributed by atoms with Crippen molar-refractivity contribution >= 4 is 5.96 Å². The second kappa shape index (κ2) is 8.40. The van der Waals surface area contributed by atoms with Gasteiger partial charge in [0.15, 0.2) is 5.96 Å². The molecule has 0 fully saturated rings. The minimum absolute atomic E-state index is 0.420. The molecule has 0 amide bonds. The first-order valence-electron chi connectivity index (χ1n) is 6.87. The zero-order chi connectivity index (χ0) is 14.1. The number of hydrogen-bond acceptors (Lipinski definition) is 2. The fourth-order valence-corrected chi connectivity index (χ4v) is 1.60. The number of ether oxygens (including phenoxy) is 1. The van der Waals surface area contributed by atoms with E-state index in [2.05, 4.69) is 42.5 Å². The van der Waals surface area contributed by atoms with E-state index in [9.17, 15) is 0 Å². The van der Waals surface area contributed by atoms with Crippen LogP contribution in [0.15, 0.2) is 29.3 Å². The summed E-state index contributed by atoms with van der Waals surface area (Å²) in [5, 5.41) is 6.63. The topological polar surface area (TPSA) is 45.7 Å². The van der Waals surface area contributed by atoms with Crippen LogP contribution in [-0.4, -0.2) is 25.7 Å². The van der Waals surface area contributed by atoms with Crippen LogP contribution in [0.25, 0.3) is 0 Å². The Balaban J connectivity index is 2.67. The van der Waals surface area contributed by atoms with Crippen LogP contribution in [0.2, 0.25) is 0 Å². The zero-order valence-electron chi connectivity index (χ0n) is 12.4. The van der Waals surface area contributed by atoms with Crippen molar-refractivity contribution in [1.82, 2.24) is 10.6 Å². The molecule has 1 unspecified atom stereocenters. The molecule has 0 saturated heterocycles. The van der Waals surface area contributed by atoms with Crippen LogP contribution in [0.4, 0.5) is 0 Å². The number of hydrogen-bond donors (Lipinski definition) is 2. The van der Waals surface area contributed by atoms with E-state index in [4.69, 9.17) is 4.74 Å². The highest BCUT2D eigenvalue weighted by molar-refractivity contribution is 5.80. The molecule has 2 N–H and O–H groups in total. The van der Waals surface area contributed by atoms with Gasteiger partial charge in [0, 0.05) is 12.6 Å². The first-order chi connectivity index (χ1) is 9.19. The van der Waals surface area contributed by atoms with Crippen LogP contribution in [-0.2, 0) is 6.54 Å². The van der Waals surface area contributed by atoms with Crippen LogP contribution < -0.4 is 15.4 Å². The number of aliphatic imine (C=N–C) groups is 1. The van der Waals surface area contributed by atoms with Crippen molar-refractivity contribution < 1.29 is 4.74 Å². The molecule has 0 bridgehead atoms. The number of benzene rings is 1. The number of rotatable bonds is 6. The normalized spacial score (nSPS) is 12.9. The smallest absolute Gasteiger partial charge is 0.191 e. The summed E-state index contributed by atoms with van der Waals surface area (Å²) in [6.45, 7) is 7.88. The summed E-state index contributed by atoms with van der Waals surface area (Å²) >= 11 is 0. The van der Waals surface area contributed by atoms with Crippen molar-refractivity contribution in [1.29, 1.82) is 0 Å². The summed E-state index contributed by atoms with van der Waals surface area (Å²) in [6.07, 6.45) is 1.07. The van der Waals surface area contributed by atoms with Crippen molar-refractivity contribution in [2.24, 2.45) is 4.99 Å². The van der Waals surface area contributed by atoms with E-state index in [0.29, 0.717) is 12.6 Å². The fraction of sp³-hybridized carbons (Fsp3) is 0.533. The van der Waals surface area contributed by atoms with Gasteiger partial charge in [-0.15, -0.1) is 0 Å². The molecule has 1 rings (SSSR count). The predicted octanol–water partition coefficient (Wildman–Crippen LogP) is 2.55. The Kier molecular flexibility index (Phi) is 6.79. The summed E-state index contributed by atoms with van der Waals surface area (Å²) in [4.78, 5) is 4.59. The lowest BCUT2D eigenvalue weighted by Crippen LogP contribution is -2.41. The van der Waals surface area contributed by atoms with Crippen LogP contribution in [0.5, 0.6) is 5.75 Å². The summed E-state index contributed by atoms with van der Waals surface area (Å²) in [5.74, 6) is 1.73. The average molecular weight is 263 g/mol. The molecule has 0 aliphatic heterocycles. The number of nitrogens with one attached hydrogen (secondary N) is 2. The lowest BCUT2D eigenvalue weighted by Gasteiger charge is -2.16. The van der Waals surface area contributed by atoms with Gasteiger partial charge >= 0.3 is 0 Å². The van der Waals surface area contributed by atoms with Gasteiger partial charge in [-0.1, -0.05) is 19.1 Å². The van der Waals surface area contributed by atoms with E-state index >= 15 is 0 Å². The first-order valence-corrected chi connectivity index (χ1v) is 6.87. The van der Waals surface area contributed by atoms with E-state index in [1.54, 1.807) is 7.11 Å². The van der Waals surface area contributed by atoms with Gasteiger partial charge in [-0.05, 0) is 38.0 Å². The highest BCUT2D eigenvalue weighted by Gasteiger charge is 2.02. The van der Waals surface area contributed by atoms with Crippen molar-refractivity contribution in [3.8, 4) is 5.75 Å². The zero-order valence-corrected chi connectivity index (χ0v) is 12.4. The summed E-state index contributed by atoms with van der Waals surface area (Å²) < 4.78 is 5.21. The molecule has 106 valence electrons. The van der Waals surface area contributed by atoms with E-state index in [0.717, 1.165) is 30.2 Å². The molecular weight excluding hydrogens is 238 g/mol. The Hall–Kier alpha value is -1.71. The van der Waals surface area contributed by atoms with Crippen molar-refractivity contribution in [3.63, 3.8) is 0 Å². The largest absolute Gasteiger partial charge is 0.497 e. The summed E-state index contributed by atoms with van der Waals surface area (Å²) in [5.41, 5.74) is 1.14. The first kappa shape index (κ1) is 15.3. The van der Waals surface area contributed by atoms with E-state index in [1.807, 2.05) is 18.2 Å². The molecule has 19 heavy (non-hydrogen) atoms. The van der Waals surface area contributed by atoms with E-state index < -0.39 is 0 Å². The molecule has 0 saturated carbocycles. The molecule has 0 spiro atoms. The number of methoxy groups -OCH3 is 1. The molecule has 0 radical (unpaired) electrons. The Labute approximate surface area is 116 Å². The highest BCUT2D eigenvalue weighted by atomic mass is 16.5. The lowest BCUT2D eigenvalue weighted by atomic mass is 10.2. The van der Waals surface area contributed by atoms with Gasteiger partial charge < -0.3 is 15.4 Å². The average Bonchev–Trinajstić information content (AvgIpc) is 2.45. The second-order valence-corrected chi connectivity index (χ2v) is 4.50. The maximum atomic E-state index is 5.21. The summed E-state index contributed by atoms with van der Waals surface area (Å²) in [7, 11) is 1.68. The maximum absolute atomic E-state index is 5.21. The van der Waals surface area contributed by atoms with Gasteiger partial charge in [0.25, 0.3) is 0 Å². The van der Waals surface area contributed by atoms with Gasteiger partial charge in [0.05, 0.1) is 13.7 Å². The van der Waals surface area contributed by atoms with Crippen molar-refractivity contribution in [2.75, 3.05) is 13.7 Å². The molecule has 4 nitrogen and oxygen atoms in total. The monoisotopic (exact) mass is 263 g/mol. The van der Waals surface area contributed by atoms with Gasteiger partial charge in [-0.25, -0.2) is 4.99 Å². The molecule has 0 aromatic heterocycles. The number of nitrogens with zero attached hydrogens (tertiary/aromatic N) is 1. The van der Waals surface area contributed by atoms with Gasteiger partial charge in [-0.2, -0.15) is 0 Å². The fourth-order valence-electron chi connectivity index (χ4n) is 1.60. The SMILES string of the molecule is CCNC(=NCc1cccc(OC)c1)NC(C)CC. The lowest BCUT2D eigenvalue weighted by molar-refractivity contribution is 0.414. The summed E-state index contributed by atoms with van der Waals surface area (Å²) in [6, 6.07) is 8.41. The Morgan fingerprint density at radius 1 is 1.37 bits per heavy atom. The maximum Gasteiger partial charge on any atom is 0.191 e. The van der Waals surface area contributed by atoms with Gasteiger partial charge in [-0.3, -0.25) is 0 Å². The molecule has 0 aliphatic rings. The minimum atomic E-state index is 0.420. The molecule has 0 heterocycles. The molecule has 4 heteroatoms. The van der Waals surface area contributed by atoms with Crippen LogP contribution in [0.3, 0.4) is 0 Å². The standard InChI is InChI=1S/C15H25N3O/c1-5-12(3)18-15(16-6-2)17-11-13-8-7-9-14(10-13)19-4/h7-10,12H,5-6,11H2,1-4H3,(H2,16,17,18). The van der Waals surface area contributed by atoms with Gasteiger partial charge in [0.2, 0.25) is 0 Å². The minimum Gasteiger partial charge on any atom is -0.497 e. The molecule has 1 atom stereocenters. The van der Waals surface area contributed by atoms with Crippen molar-refractivity contribution in [2.45, 2.75) is 39.8 Å². The third-order valence-corrected chi connectivity index (χ3v) is 2.89. The highest BCUT2D eigenvalue weighted by Crippen LogP contribution is 2.13. The van der Waals surface area contributed by atoms with Crippen LogP contribution in [0.1, 0.15) is 32.8 Å². The van der Waals surface area contributed by atoms with E-state index in [1.165, 1.54) is 0 Å². The molecule has 1 aromatic carbocycles. The quantitative estimate of drug-likeness (QED) is 0.612. The second-order valence-electron chi connectivity index (χ2n) is 4.50. The Bertz CT molecular complexity index is 404. The molecule has 1 aromatic rings. The molecular formula is C15H25N3O. The van der Waals surface area contributed by atoms with Crippen LogP contribution in [0, 0.1) is 0 Å². The van der Waals surface area contributed by atoms with E-state index in [-0.39, 0.29) is 0 Å². The molecule has 0 aliphatic carbocycles. The Morgan fingerprint density at radius 2 is 2.16 bits per heavy atom.